The van der Waals surface area contributed by atoms with Gasteiger partial charge in [0.1, 0.15) is 12.4 Å². The van der Waals surface area contributed by atoms with E-state index in [2.05, 4.69) is 5.32 Å². The molecule has 34 heavy (non-hydrogen) atoms. The van der Waals surface area contributed by atoms with Crippen LogP contribution in [-0.4, -0.2) is 50.3 Å². The van der Waals surface area contributed by atoms with Gasteiger partial charge < -0.3 is 10.1 Å². The third-order valence-electron chi connectivity index (χ3n) is 6.58. The molecule has 8 heteroatoms. The average molecular weight is 481 g/mol. The Morgan fingerprint density at radius 2 is 1.91 bits per heavy atom. The second-order valence-electron chi connectivity index (χ2n) is 8.80. The fourth-order valence-corrected chi connectivity index (χ4v) is 5.07. The van der Waals surface area contributed by atoms with Crippen LogP contribution in [0.1, 0.15) is 42.5 Å². The predicted molar refractivity (Wildman–Crippen MR) is 122 cm³/mol. The summed E-state index contributed by atoms with van der Waals surface area (Å²) in [5.74, 6) is -1.78. The van der Waals surface area contributed by atoms with E-state index in [4.69, 9.17) is 4.74 Å². The first kappa shape index (κ1) is 24.7. The summed E-state index contributed by atoms with van der Waals surface area (Å²) in [6.45, 7) is 1.75. The van der Waals surface area contributed by atoms with Crippen LogP contribution in [0.15, 0.2) is 42.0 Å². The zero-order valence-corrected chi connectivity index (χ0v) is 19.1. The molecule has 0 unspecified atom stereocenters. The molecule has 0 amide bonds. The molecule has 1 heterocycles. The van der Waals surface area contributed by atoms with E-state index in [1.165, 1.54) is 11.0 Å². The molecule has 3 nitrogen and oxygen atoms in total. The van der Waals surface area contributed by atoms with Crippen molar-refractivity contribution in [2.75, 3.05) is 32.9 Å². The van der Waals surface area contributed by atoms with Gasteiger partial charge >= 0.3 is 0 Å². The molecule has 184 valence electrons. The highest BCUT2D eigenvalue weighted by molar-refractivity contribution is 5.79. The number of hydrogen-bond donors (Lipinski definition) is 1. The third-order valence-corrected chi connectivity index (χ3v) is 6.58. The molecule has 1 aliphatic heterocycles. The monoisotopic (exact) mass is 480 g/mol. The van der Waals surface area contributed by atoms with Gasteiger partial charge in [0, 0.05) is 18.2 Å². The van der Waals surface area contributed by atoms with Crippen molar-refractivity contribution in [3.8, 4) is 5.75 Å². The van der Waals surface area contributed by atoms with Gasteiger partial charge in [-0.05, 0) is 67.1 Å². The number of benzene rings is 2. The fraction of sp³-hybridized carbons (Fsp3) is 0.462. The molecule has 2 aliphatic rings. The maximum atomic E-state index is 15.7. The van der Waals surface area contributed by atoms with Crippen LogP contribution in [0, 0.1) is 11.6 Å². The van der Waals surface area contributed by atoms with Gasteiger partial charge in [0.25, 0.3) is 6.43 Å². The van der Waals surface area contributed by atoms with E-state index < -0.39 is 37.3 Å². The second kappa shape index (κ2) is 10.9. The zero-order chi connectivity index (χ0) is 24.2. The first-order valence-electron chi connectivity index (χ1n) is 11.6. The van der Waals surface area contributed by atoms with Crippen LogP contribution < -0.4 is 10.1 Å². The topological polar surface area (TPSA) is 24.5 Å². The van der Waals surface area contributed by atoms with Gasteiger partial charge in [-0.15, -0.1) is 0 Å². The lowest BCUT2D eigenvalue weighted by molar-refractivity contribution is 0.0462. The summed E-state index contributed by atoms with van der Waals surface area (Å²) in [6, 6.07) is 8.84. The van der Waals surface area contributed by atoms with Crippen LogP contribution in [0.5, 0.6) is 5.75 Å². The van der Waals surface area contributed by atoms with Crippen molar-refractivity contribution in [1.82, 2.24) is 10.2 Å². The first-order valence-corrected chi connectivity index (χ1v) is 11.6. The van der Waals surface area contributed by atoms with E-state index in [0.29, 0.717) is 32.4 Å². The van der Waals surface area contributed by atoms with Crippen LogP contribution in [0.4, 0.5) is 22.0 Å². The quantitative estimate of drug-likeness (QED) is 0.349. The van der Waals surface area contributed by atoms with E-state index in [9.17, 15) is 13.2 Å². The summed E-state index contributed by atoms with van der Waals surface area (Å²) in [6.07, 6.45) is -1.27. The fourth-order valence-electron chi connectivity index (χ4n) is 5.07. The minimum absolute atomic E-state index is 0.107. The van der Waals surface area contributed by atoms with Crippen molar-refractivity contribution in [1.29, 1.82) is 0 Å². The van der Waals surface area contributed by atoms with Gasteiger partial charge in [0.05, 0.1) is 19.3 Å². The molecule has 0 saturated heterocycles. The first-order chi connectivity index (χ1) is 16.4. The minimum Gasteiger partial charge on any atom is -0.489 e. The highest BCUT2D eigenvalue weighted by Crippen LogP contribution is 2.50. The number of nitrogens with one attached hydrogen (secondary N) is 1. The zero-order valence-electron chi connectivity index (χ0n) is 19.1. The number of alkyl halides is 3. The van der Waals surface area contributed by atoms with Gasteiger partial charge in [-0.1, -0.05) is 24.3 Å². The van der Waals surface area contributed by atoms with Crippen LogP contribution in [0.25, 0.3) is 5.57 Å². The standard InChI is InChI=1S/C26H29F5N2O/c1-16-13-19-18-6-3-2-5-17(18)14-20(19)26(33(16)15-23(29)30)24-21(28)7-8-22(25(24)31)34-12-11-32-10-4-9-27/h2-3,5-8,16,23,26,32H,4,9-15H2,1H3/t16-,26+/m1/s1. The lowest BCUT2D eigenvalue weighted by Gasteiger charge is -2.42. The molecule has 0 saturated carbocycles. The molecule has 0 bridgehead atoms. The number of halogens is 5. The van der Waals surface area contributed by atoms with Gasteiger partial charge in [-0.2, -0.15) is 0 Å². The molecule has 0 radical (unpaired) electrons. The third kappa shape index (κ3) is 4.98. The molecular formula is C26H29F5N2O. The van der Waals surface area contributed by atoms with Gasteiger partial charge in [-0.3, -0.25) is 9.29 Å². The lowest BCUT2D eigenvalue weighted by atomic mass is 9.84. The molecule has 0 aromatic heterocycles. The molecule has 2 atom stereocenters. The number of nitrogens with zero attached hydrogens (tertiary/aromatic N) is 1. The molecule has 1 N–H and O–H groups in total. The normalized spacial score (nSPS) is 20.1. The molecule has 4 rings (SSSR count). The number of hydrogen-bond acceptors (Lipinski definition) is 3. The molecule has 2 aromatic carbocycles. The van der Waals surface area contributed by atoms with Crippen molar-refractivity contribution in [2.24, 2.45) is 0 Å². The van der Waals surface area contributed by atoms with Gasteiger partial charge in [-0.25, -0.2) is 17.6 Å². The summed E-state index contributed by atoms with van der Waals surface area (Å²) >= 11 is 0. The van der Waals surface area contributed by atoms with Crippen molar-refractivity contribution >= 4 is 5.57 Å². The Morgan fingerprint density at radius 1 is 1.12 bits per heavy atom. The predicted octanol–water partition coefficient (Wildman–Crippen LogP) is 5.70. The Kier molecular flexibility index (Phi) is 7.88. The maximum absolute atomic E-state index is 15.7. The Bertz CT molecular complexity index is 1040. The smallest absolute Gasteiger partial charge is 0.251 e. The Morgan fingerprint density at radius 3 is 2.68 bits per heavy atom. The number of ether oxygens (including phenoxy) is 1. The van der Waals surface area contributed by atoms with E-state index in [0.717, 1.165) is 28.3 Å². The van der Waals surface area contributed by atoms with E-state index in [1.54, 1.807) is 0 Å². The minimum atomic E-state index is -2.64. The number of rotatable bonds is 10. The van der Waals surface area contributed by atoms with Crippen LogP contribution in [-0.2, 0) is 6.42 Å². The Hall–Kier alpha value is -2.45. The molecule has 0 spiro atoms. The van der Waals surface area contributed by atoms with Crippen LogP contribution in [0.3, 0.4) is 0 Å². The lowest BCUT2D eigenvalue weighted by Crippen LogP contribution is -2.44. The van der Waals surface area contributed by atoms with Crippen molar-refractivity contribution in [2.45, 2.75) is 44.7 Å². The summed E-state index contributed by atoms with van der Waals surface area (Å²) in [5.41, 5.74) is 3.56. The van der Waals surface area contributed by atoms with E-state index in [1.807, 2.05) is 31.2 Å². The largest absolute Gasteiger partial charge is 0.489 e. The van der Waals surface area contributed by atoms with E-state index in [-0.39, 0.29) is 24.0 Å². The summed E-state index contributed by atoms with van der Waals surface area (Å²) in [4.78, 5) is 1.51. The van der Waals surface area contributed by atoms with Crippen LogP contribution in [0.2, 0.25) is 0 Å². The van der Waals surface area contributed by atoms with Gasteiger partial charge in [0.2, 0.25) is 0 Å². The van der Waals surface area contributed by atoms with Crippen LogP contribution >= 0.6 is 0 Å². The highest BCUT2D eigenvalue weighted by Gasteiger charge is 2.42. The Labute approximate surface area is 196 Å². The molecular weight excluding hydrogens is 451 g/mol. The molecule has 1 aliphatic carbocycles. The molecule has 2 aromatic rings. The summed E-state index contributed by atoms with van der Waals surface area (Å²) in [5, 5.41) is 2.98. The van der Waals surface area contributed by atoms with E-state index >= 15 is 8.78 Å². The molecule has 0 fully saturated rings. The SMILES string of the molecule is C[C@@H]1CC2=C(Cc3ccccc32)[C@@H](c2c(F)ccc(OCCNCCCF)c2F)N1CC(F)F. The second-order valence-corrected chi connectivity index (χ2v) is 8.80. The average Bonchev–Trinajstić information content (AvgIpc) is 3.17. The van der Waals surface area contributed by atoms with Gasteiger partial charge in [0.15, 0.2) is 11.6 Å². The van der Waals surface area contributed by atoms with Crippen molar-refractivity contribution < 1.29 is 26.7 Å². The Balaban J connectivity index is 1.69. The summed E-state index contributed by atoms with van der Waals surface area (Å²) in [7, 11) is 0. The van der Waals surface area contributed by atoms with Crippen molar-refractivity contribution in [3.63, 3.8) is 0 Å². The summed E-state index contributed by atoms with van der Waals surface area (Å²) < 4.78 is 75.7. The maximum Gasteiger partial charge on any atom is 0.251 e. The highest BCUT2D eigenvalue weighted by atomic mass is 19.3. The van der Waals surface area contributed by atoms with Crippen molar-refractivity contribution in [3.05, 3.63) is 70.3 Å². The number of fused-ring (bicyclic) bond motifs is 2.